The normalized spacial score (nSPS) is 15.5. The van der Waals surface area contributed by atoms with Crippen LogP contribution in [0.5, 0.6) is 0 Å². The first-order chi connectivity index (χ1) is 9.33. The molecule has 1 N–H and O–H groups in total. The second kappa shape index (κ2) is 5.32. The fourth-order valence-electron chi connectivity index (χ4n) is 2.19. The molecular formula is C14H18N4O. The van der Waals surface area contributed by atoms with E-state index < -0.39 is 0 Å². The van der Waals surface area contributed by atoms with Crippen LogP contribution in [0.1, 0.15) is 0 Å². The van der Waals surface area contributed by atoms with E-state index in [-0.39, 0.29) is 0 Å². The summed E-state index contributed by atoms with van der Waals surface area (Å²) >= 11 is 0. The lowest BCUT2D eigenvalue weighted by Gasteiger charge is -2.28. The van der Waals surface area contributed by atoms with Crippen LogP contribution in [0, 0.1) is 0 Å². The summed E-state index contributed by atoms with van der Waals surface area (Å²) in [6.45, 7) is 3.55. The number of nitrogens with zero attached hydrogens (tertiary/aromatic N) is 3. The van der Waals surface area contributed by atoms with Crippen molar-refractivity contribution in [2.75, 3.05) is 36.5 Å². The molecule has 2 heterocycles. The fraction of sp³-hybridized carbons (Fsp3) is 0.357. The summed E-state index contributed by atoms with van der Waals surface area (Å²) in [6.07, 6.45) is 3.70. The molecule has 100 valence electrons. The molecule has 5 heteroatoms. The number of rotatable bonds is 3. The fourth-order valence-corrected chi connectivity index (χ4v) is 2.19. The average Bonchev–Trinajstić information content (AvgIpc) is 2.86. The van der Waals surface area contributed by atoms with Crippen molar-refractivity contribution in [2.45, 2.75) is 0 Å². The Kier molecular flexibility index (Phi) is 3.37. The number of hydrogen-bond acceptors (Lipinski definition) is 4. The van der Waals surface area contributed by atoms with E-state index >= 15 is 0 Å². The number of benzene rings is 1. The number of aryl methyl sites for hydroxylation is 1. The minimum Gasteiger partial charge on any atom is -0.378 e. The first-order valence-corrected chi connectivity index (χ1v) is 6.50. The molecule has 0 bridgehead atoms. The van der Waals surface area contributed by atoms with E-state index in [0.717, 1.165) is 37.9 Å². The SMILES string of the molecule is Cn1ccnc1Nc1ccc(N2CCOCC2)cc1. The van der Waals surface area contributed by atoms with Gasteiger partial charge >= 0.3 is 0 Å². The quantitative estimate of drug-likeness (QED) is 0.914. The van der Waals surface area contributed by atoms with Gasteiger partial charge in [-0.1, -0.05) is 0 Å². The first kappa shape index (κ1) is 12.0. The Morgan fingerprint density at radius 3 is 2.53 bits per heavy atom. The van der Waals surface area contributed by atoms with Crippen molar-refractivity contribution in [1.29, 1.82) is 0 Å². The predicted molar refractivity (Wildman–Crippen MR) is 76.0 cm³/mol. The number of hydrogen-bond donors (Lipinski definition) is 1. The van der Waals surface area contributed by atoms with Gasteiger partial charge in [0.2, 0.25) is 5.95 Å². The van der Waals surface area contributed by atoms with Gasteiger partial charge in [-0.25, -0.2) is 4.98 Å². The Morgan fingerprint density at radius 1 is 1.16 bits per heavy atom. The second-order valence-electron chi connectivity index (χ2n) is 4.63. The molecule has 1 aliphatic rings. The summed E-state index contributed by atoms with van der Waals surface area (Å²) in [4.78, 5) is 6.59. The molecule has 0 aliphatic carbocycles. The van der Waals surface area contributed by atoms with E-state index in [1.165, 1.54) is 5.69 Å². The van der Waals surface area contributed by atoms with Crippen molar-refractivity contribution in [3.63, 3.8) is 0 Å². The van der Waals surface area contributed by atoms with Crippen molar-refractivity contribution < 1.29 is 4.74 Å². The zero-order valence-electron chi connectivity index (χ0n) is 11.0. The van der Waals surface area contributed by atoms with Crippen molar-refractivity contribution >= 4 is 17.3 Å². The number of anilines is 3. The van der Waals surface area contributed by atoms with Gasteiger partial charge in [-0.15, -0.1) is 0 Å². The molecule has 19 heavy (non-hydrogen) atoms. The first-order valence-electron chi connectivity index (χ1n) is 6.50. The molecule has 0 amide bonds. The van der Waals surface area contributed by atoms with Gasteiger partial charge in [-0.2, -0.15) is 0 Å². The molecule has 0 atom stereocenters. The molecule has 3 rings (SSSR count). The maximum Gasteiger partial charge on any atom is 0.207 e. The third kappa shape index (κ3) is 2.71. The molecule has 1 aromatic heterocycles. The van der Waals surface area contributed by atoms with Crippen LogP contribution in [-0.4, -0.2) is 35.9 Å². The maximum atomic E-state index is 5.36. The standard InChI is InChI=1S/C14H18N4O/c1-17-7-6-15-14(17)16-12-2-4-13(5-3-12)18-8-10-19-11-9-18/h2-7H,8-11H2,1H3,(H,15,16). The number of nitrogens with one attached hydrogen (secondary N) is 1. The zero-order chi connectivity index (χ0) is 13.1. The lowest BCUT2D eigenvalue weighted by Crippen LogP contribution is -2.36. The summed E-state index contributed by atoms with van der Waals surface area (Å²) in [5.41, 5.74) is 2.29. The smallest absolute Gasteiger partial charge is 0.207 e. The number of imidazole rings is 1. The summed E-state index contributed by atoms with van der Waals surface area (Å²) in [6, 6.07) is 8.44. The molecule has 1 aromatic carbocycles. The maximum absolute atomic E-state index is 5.36. The van der Waals surface area contributed by atoms with E-state index in [2.05, 4.69) is 39.5 Å². The molecule has 5 nitrogen and oxygen atoms in total. The number of aromatic nitrogens is 2. The lowest BCUT2D eigenvalue weighted by molar-refractivity contribution is 0.122. The van der Waals surface area contributed by atoms with Crippen LogP contribution < -0.4 is 10.2 Å². The van der Waals surface area contributed by atoms with Crippen molar-refractivity contribution in [3.05, 3.63) is 36.7 Å². The van der Waals surface area contributed by atoms with Gasteiger partial charge in [-0.05, 0) is 24.3 Å². The van der Waals surface area contributed by atoms with Crippen molar-refractivity contribution in [2.24, 2.45) is 7.05 Å². The van der Waals surface area contributed by atoms with Crippen LogP contribution in [0.4, 0.5) is 17.3 Å². The molecule has 2 aromatic rings. The van der Waals surface area contributed by atoms with Gasteiger partial charge in [0.05, 0.1) is 13.2 Å². The highest BCUT2D eigenvalue weighted by atomic mass is 16.5. The second-order valence-corrected chi connectivity index (χ2v) is 4.63. The van der Waals surface area contributed by atoms with Crippen LogP contribution >= 0.6 is 0 Å². The molecule has 1 fully saturated rings. The summed E-state index contributed by atoms with van der Waals surface area (Å²) in [5.74, 6) is 0.846. The minimum atomic E-state index is 0.813. The Hall–Kier alpha value is -2.01. The summed E-state index contributed by atoms with van der Waals surface area (Å²) in [7, 11) is 1.97. The highest BCUT2D eigenvalue weighted by Gasteiger charge is 2.10. The molecule has 1 saturated heterocycles. The van der Waals surface area contributed by atoms with Gasteiger partial charge < -0.3 is 19.5 Å². The lowest BCUT2D eigenvalue weighted by atomic mass is 10.2. The van der Waals surface area contributed by atoms with E-state index in [1.807, 2.05) is 17.8 Å². The Labute approximate surface area is 112 Å². The zero-order valence-corrected chi connectivity index (χ0v) is 11.0. The summed E-state index contributed by atoms with van der Waals surface area (Å²) in [5, 5.41) is 3.29. The van der Waals surface area contributed by atoms with Crippen LogP contribution in [0.25, 0.3) is 0 Å². The van der Waals surface area contributed by atoms with Crippen LogP contribution in [-0.2, 0) is 11.8 Å². The van der Waals surface area contributed by atoms with E-state index in [1.54, 1.807) is 6.20 Å². The molecule has 0 radical (unpaired) electrons. The van der Waals surface area contributed by atoms with E-state index in [4.69, 9.17) is 4.74 Å². The Morgan fingerprint density at radius 2 is 1.89 bits per heavy atom. The van der Waals surface area contributed by atoms with Crippen molar-refractivity contribution in [3.8, 4) is 0 Å². The molecular weight excluding hydrogens is 240 g/mol. The van der Waals surface area contributed by atoms with Gasteiger partial charge in [0, 0.05) is 43.9 Å². The van der Waals surface area contributed by atoms with E-state index in [0.29, 0.717) is 0 Å². The van der Waals surface area contributed by atoms with Crippen LogP contribution in [0.15, 0.2) is 36.7 Å². The minimum absolute atomic E-state index is 0.813. The topological polar surface area (TPSA) is 42.3 Å². The summed E-state index contributed by atoms with van der Waals surface area (Å²) < 4.78 is 7.32. The van der Waals surface area contributed by atoms with Gasteiger partial charge in [0.1, 0.15) is 0 Å². The van der Waals surface area contributed by atoms with Crippen LogP contribution in [0.2, 0.25) is 0 Å². The molecule has 0 saturated carbocycles. The highest BCUT2D eigenvalue weighted by molar-refractivity contribution is 5.59. The molecule has 0 unspecified atom stereocenters. The van der Waals surface area contributed by atoms with E-state index in [9.17, 15) is 0 Å². The predicted octanol–water partition coefficient (Wildman–Crippen LogP) is 2.00. The Balaban J connectivity index is 1.70. The monoisotopic (exact) mass is 258 g/mol. The van der Waals surface area contributed by atoms with Crippen LogP contribution in [0.3, 0.4) is 0 Å². The van der Waals surface area contributed by atoms with Crippen molar-refractivity contribution in [1.82, 2.24) is 9.55 Å². The highest BCUT2D eigenvalue weighted by Crippen LogP contribution is 2.20. The molecule has 1 aliphatic heterocycles. The number of ether oxygens (including phenoxy) is 1. The largest absolute Gasteiger partial charge is 0.378 e. The average molecular weight is 258 g/mol. The third-order valence-electron chi connectivity index (χ3n) is 3.32. The van der Waals surface area contributed by atoms with Gasteiger partial charge in [-0.3, -0.25) is 0 Å². The third-order valence-corrected chi connectivity index (χ3v) is 3.32. The Bertz CT molecular complexity index is 529. The number of morpholine rings is 1. The van der Waals surface area contributed by atoms with Gasteiger partial charge in [0.15, 0.2) is 0 Å². The molecule has 0 spiro atoms. The van der Waals surface area contributed by atoms with Gasteiger partial charge in [0.25, 0.3) is 0 Å².